The number of rotatable bonds is 2. The fourth-order valence-corrected chi connectivity index (χ4v) is 1.80. The monoisotopic (exact) mass is 186 g/mol. The summed E-state index contributed by atoms with van der Waals surface area (Å²) in [5.74, 6) is 0. The molecule has 0 fully saturated rings. The maximum Gasteiger partial charge on any atom is 0.0887 e. The van der Waals surface area contributed by atoms with Crippen LogP contribution in [0.1, 0.15) is 0 Å². The van der Waals surface area contributed by atoms with Gasteiger partial charge in [-0.1, -0.05) is 30.0 Å². The topological polar surface area (TPSA) is 12.9 Å². The first-order chi connectivity index (χ1) is 6.45. The smallest absolute Gasteiger partial charge is 0.0887 e. The number of pyridine rings is 1. The molecule has 63 valence electrons. The van der Waals surface area contributed by atoms with Crippen molar-refractivity contribution in [1.82, 2.24) is 4.98 Å². The van der Waals surface area contributed by atoms with Crippen LogP contribution in [-0.2, 0) is 0 Å². The molecule has 0 atom stereocenters. The summed E-state index contributed by atoms with van der Waals surface area (Å²) in [7, 11) is 0. The van der Waals surface area contributed by atoms with Gasteiger partial charge < -0.3 is 0 Å². The zero-order valence-corrected chi connectivity index (χ0v) is 7.79. The highest BCUT2D eigenvalue weighted by molar-refractivity contribution is 7.99. The molecule has 1 aromatic heterocycles. The molecule has 0 amide bonds. The summed E-state index contributed by atoms with van der Waals surface area (Å²) in [4.78, 5) is 6.31. The number of aromatic nitrogens is 1. The summed E-state index contributed by atoms with van der Waals surface area (Å²) in [5, 5.41) is 0. The summed E-state index contributed by atoms with van der Waals surface area (Å²) < 4.78 is 0. The van der Waals surface area contributed by atoms with Crippen LogP contribution < -0.4 is 0 Å². The molecule has 1 radical (unpaired) electrons. The van der Waals surface area contributed by atoms with E-state index in [2.05, 4.69) is 23.3 Å². The summed E-state index contributed by atoms with van der Waals surface area (Å²) >= 11 is 1.71. The Kier molecular flexibility index (Phi) is 2.62. The van der Waals surface area contributed by atoms with Crippen LogP contribution in [0.4, 0.5) is 0 Å². The Labute approximate surface area is 81.8 Å². The first-order valence-electron chi connectivity index (χ1n) is 4.00. The van der Waals surface area contributed by atoms with E-state index in [1.54, 1.807) is 11.8 Å². The molecule has 13 heavy (non-hydrogen) atoms. The second-order valence-corrected chi connectivity index (χ2v) is 3.69. The van der Waals surface area contributed by atoms with Gasteiger partial charge in [-0.2, -0.15) is 0 Å². The van der Waals surface area contributed by atoms with Gasteiger partial charge in [0.25, 0.3) is 0 Å². The van der Waals surface area contributed by atoms with E-state index in [0.29, 0.717) is 0 Å². The van der Waals surface area contributed by atoms with Crippen LogP contribution in [0.5, 0.6) is 0 Å². The summed E-state index contributed by atoms with van der Waals surface area (Å²) in [6, 6.07) is 14.1. The molecule has 0 N–H and O–H groups in total. The van der Waals surface area contributed by atoms with Gasteiger partial charge in [-0.3, -0.25) is 4.98 Å². The van der Waals surface area contributed by atoms with Crippen LogP contribution in [-0.4, -0.2) is 4.98 Å². The van der Waals surface area contributed by atoms with Crippen LogP contribution in [0.15, 0.2) is 58.5 Å². The zero-order valence-electron chi connectivity index (χ0n) is 6.97. The first kappa shape index (κ1) is 8.32. The molecule has 0 spiro atoms. The molecule has 0 unspecified atom stereocenters. The van der Waals surface area contributed by atoms with Crippen molar-refractivity contribution >= 4 is 11.8 Å². The average molecular weight is 186 g/mol. The van der Waals surface area contributed by atoms with Gasteiger partial charge in [-0.15, -0.1) is 0 Å². The van der Waals surface area contributed by atoms with Gasteiger partial charge in [0, 0.05) is 16.0 Å². The van der Waals surface area contributed by atoms with Crippen molar-refractivity contribution in [1.29, 1.82) is 0 Å². The SMILES string of the molecule is [c]1ccc(Sc2ccccc2)cn1. The fraction of sp³-hybridized carbons (Fsp3) is 0. The van der Waals surface area contributed by atoms with Gasteiger partial charge in [-0.25, -0.2) is 0 Å². The molecule has 1 heterocycles. The number of nitrogens with zero attached hydrogens (tertiary/aromatic N) is 1. The lowest BCUT2D eigenvalue weighted by Gasteiger charge is -1.98. The molecular formula is C11H8NS. The second-order valence-electron chi connectivity index (χ2n) is 2.54. The highest BCUT2D eigenvalue weighted by atomic mass is 32.2. The molecule has 0 aliphatic carbocycles. The molecule has 0 saturated carbocycles. The fourth-order valence-electron chi connectivity index (χ4n) is 0.991. The Balaban J connectivity index is 2.16. The molecule has 2 heteroatoms. The molecule has 0 saturated heterocycles. The maximum absolute atomic E-state index is 3.94. The number of benzene rings is 1. The lowest BCUT2D eigenvalue weighted by Crippen LogP contribution is -1.74. The molecular weight excluding hydrogens is 178 g/mol. The van der Waals surface area contributed by atoms with Crippen molar-refractivity contribution in [2.45, 2.75) is 9.79 Å². The Morgan fingerprint density at radius 2 is 1.85 bits per heavy atom. The van der Waals surface area contributed by atoms with Crippen molar-refractivity contribution in [3.63, 3.8) is 0 Å². The van der Waals surface area contributed by atoms with Crippen molar-refractivity contribution in [3.8, 4) is 0 Å². The van der Waals surface area contributed by atoms with E-state index >= 15 is 0 Å². The van der Waals surface area contributed by atoms with Gasteiger partial charge in [0.2, 0.25) is 0 Å². The molecule has 1 nitrogen and oxygen atoms in total. The number of hydrogen-bond acceptors (Lipinski definition) is 2. The third-order valence-corrected chi connectivity index (χ3v) is 2.55. The summed E-state index contributed by atoms with van der Waals surface area (Å²) in [6.07, 6.45) is 4.57. The Morgan fingerprint density at radius 1 is 1.00 bits per heavy atom. The quantitative estimate of drug-likeness (QED) is 0.715. The minimum Gasteiger partial charge on any atom is -0.253 e. The average Bonchev–Trinajstić information content (AvgIpc) is 2.21. The van der Waals surface area contributed by atoms with E-state index < -0.39 is 0 Å². The Hall–Kier alpha value is -1.28. The second kappa shape index (κ2) is 4.10. The highest BCUT2D eigenvalue weighted by Gasteiger charge is 1.94. The molecule has 2 aromatic rings. The van der Waals surface area contributed by atoms with Gasteiger partial charge in [-0.05, 0) is 24.3 Å². The van der Waals surface area contributed by atoms with Crippen LogP contribution in [0, 0.1) is 6.20 Å². The van der Waals surface area contributed by atoms with Crippen molar-refractivity contribution < 1.29 is 0 Å². The van der Waals surface area contributed by atoms with Gasteiger partial charge in [0.15, 0.2) is 0 Å². The zero-order chi connectivity index (χ0) is 8.93. The van der Waals surface area contributed by atoms with Gasteiger partial charge in [0.05, 0.1) is 6.20 Å². The summed E-state index contributed by atoms with van der Waals surface area (Å²) in [6.45, 7) is 0. The predicted octanol–water partition coefficient (Wildman–Crippen LogP) is 3.03. The van der Waals surface area contributed by atoms with Gasteiger partial charge in [0.1, 0.15) is 0 Å². The molecule has 2 rings (SSSR count). The van der Waals surface area contributed by atoms with Crippen LogP contribution in [0.2, 0.25) is 0 Å². The van der Waals surface area contributed by atoms with E-state index in [-0.39, 0.29) is 0 Å². The molecule has 0 bridgehead atoms. The van der Waals surface area contributed by atoms with Crippen LogP contribution in [0.3, 0.4) is 0 Å². The van der Waals surface area contributed by atoms with Crippen LogP contribution >= 0.6 is 11.8 Å². The van der Waals surface area contributed by atoms with Crippen molar-refractivity contribution in [2.24, 2.45) is 0 Å². The summed E-state index contributed by atoms with van der Waals surface area (Å²) in [5.41, 5.74) is 0. The van der Waals surface area contributed by atoms with E-state index in [0.717, 1.165) is 4.90 Å². The molecule has 0 aliphatic heterocycles. The normalized spacial score (nSPS) is 9.85. The largest absolute Gasteiger partial charge is 0.253 e. The van der Waals surface area contributed by atoms with E-state index in [4.69, 9.17) is 0 Å². The van der Waals surface area contributed by atoms with E-state index in [1.807, 2.05) is 36.5 Å². The first-order valence-corrected chi connectivity index (χ1v) is 4.82. The maximum atomic E-state index is 3.94. The standard InChI is InChI=1S/C11H8NS/c1-2-5-10(6-3-1)13-11-7-4-8-12-9-11/h1-7,9H. The minimum atomic E-state index is 1.14. The lowest BCUT2D eigenvalue weighted by molar-refractivity contribution is 1.22. The lowest BCUT2D eigenvalue weighted by atomic mass is 10.4. The third-order valence-electron chi connectivity index (χ3n) is 1.57. The Bertz CT molecular complexity index is 321. The highest BCUT2D eigenvalue weighted by Crippen LogP contribution is 2.25. The van der Waals surface area contributed by atoms with E-state index in [1.165, 1.54) is 4.90 Å². The van der Waals surface area contributed by atoms with Crippen LogP contribution in [0.25, 0.3) is 0 Å². The predicted molar refractivity (Wildman–Crippen MR) is 53.6 cm³/mol. The van der Waals surface area contributed by atoms with Crippen molar-refractivity contribution in [3.05, 3.63) is 54.9 Å². The van der Waals surface area contributed by atoms with E-state index in [9.17, 15) is 0 Å². The Morgan fingerprint density at radius 3 is 2.54 bits per heavy atom. The number of hydrogen-bond donors (Lipinski definition) is 0. The molecule has 1 aromatic carbocycles. The third kappa shape index (κ3) is 2.33. The molecule has 0 aliphatic rings. The van der Waals surface area contributed by atoms with Gasteiger partial charge >= 0.3 is 0 Å². The minimum absolute atomic E-state index is 1.14. The van der Waals surface area contributed by atoms with Crippen molar-refractivity contribution in [2.75, 3.05) is 0 Å².